The highest BCUT2D eigenvalue weighted by Gasteiger charge is 2.22. The number of nitrogens with zero attached hydrogens (tertiary/aromatic N) is 2. The molecule has 0 unspecified atom stereocenters. The average Bonchev–Trinajstić information content (AvgIpc) is 3.09. The van der Waals surface area contributed by atoms with E-state index in [4.69, 9.17) is 4.74 Å². The molecule has 0 atom stereocenters. The van der Waals surface area contributed by atoms with Gasteiger partial charge in [-0.1, -0.05) is 13.0 Å². The first-order valence-corrected chi connectivity index (χ1v) is 11.3. The van der Waals surface area contributed by atoms with Crippen LogP contribution in [0.15, 0.2) is 42.5 Å². The number of hydrogen-bond donors (Lipinski definition) is 2. The maximum atomic E-state index is 12.4. The summed E-state index contributed by atoms with van der Waals surface area (Å²) < 4.78 is 6.01. The lowest BCUT2D eigenvalue weighted by Crippen LogP contribution is -2.47. The van der Waals surface area contributed by atoms with Gasteiger partial charge in [0.05, 0.1) is 0 Å². The Bertz CT molecular complexity index is 1070. The minimum absolute atomic E-state index is 0.00903. The van der Waals surface area contributed by atoms with E-state index < -0.39 is 0 Å². The molecular formula is C25H30N4O2. The highest BCUT2D eigenvalue weighted by Crippen LogP contribution is 2.34. The van der Waals surface area contributed by atoms with E-state index in [9.17, 15) is 4.79 Å². The fourth-order valence-corrected chi connectivity index (χ4v) is 4.74. The Morgan fingerprint density at radius 2 is 1.77 bits per heavy atom. The van der Waals surface area contributed by atoms with Gasteiger partial charge in [0.15, 0.2) is 0 Å². The van der Waals surface area contributed by atoms with Crippen molar-refractivity contribution in [3.63, 3.8) is 0 Å². The van der Waals surface area contributed by atoms with E-state index in [0.717, 1.165) is 79.2 Å². The largest absolute Gasteiger partial charge is 0.492 e. The summed E-state index contributed by atoms with van der Waals surface area (Å²) in [4.78, 5) is 20.9. The first-order valence-electron chi connectivity index (χ1n) is 11.3. The maximum absolute atomic E-state index is 12.4. The molecule has 162 valence electrons. The van der Waals surface area contributed by atoms with Crippen molar-refractivity contribution in [2.75, 3.05) is 52.4 Å². The summed E-state index contributed by atoms with van der Waals surface area (Å²) in [6, 6.07) is 14.2. The van der Waals surface area contributed by atoms with Crippen LogP contribution in [-0.2, 0) is 6.42 Å². The Balaban J connectivity index is 1.27. The fraction of sp³-hybridized carbons (Fsp3) is 0.400. The van der Waals surface area contributed by atoms with Gasteiger partial charge in [-0.3, -0.25) is 9.69 Å². The monoisotopic (exact) mass is 418 g/mol. The van der Waals surface area contributed by atoms with E-state index in [0.29, 0.717) is 13.2 Å². The molecule has 0 spiro atoms. The molecule has 0 saturated carbocycles. The predicted molar refractivity (Wildman–Crippen MR) is 124 cm³/mol. The number of carbonyl (C=O) groups is 1. The normalized spacial score (nSPS) is 17.5. The second kappa shape index (κ2) is 8.73. The number of H-pyrrole nitrogens is 1. The van der Waals surface area contributed by atoms with Crippen molar-refractivity contribution in [2.45, 2.75) is 13.3 Å². The highest BCUT2D eigenvalue weighted by atomic mass is 16.5. The molecule has 1 saturated heterocycles. The number of piperazine rings is 1. The van der Waals surface area contributed by atoms with Crippen molar-refractivity contribution in [3.8, 4) is 17.0 Å². The molecule has 2 N–H and O–H groups in total. The van der Waals surface area contributed by atoms with Crippen LogP contribution in [0.1, 0.15) is 22.8 Å². The molecule has 0 radical (unpaired) electrons. The molecule has 2 aromatic carbocycles. The smallest absolute Gasteiger partial charge is 0.251 e. The van der Waals surface area contributed by atoms with Crippen molar-refractivity contribution in [2.24, 2.45) is 0 Å². The Morgan fingerprint density at radius 1 is 1.00 bits per heavy atom. The summed E-state index contributed by atoms with van der Waals surface area (Å²) in [5.74, 6) is 0.908. The van der Waals surface area contributed by atoms with Crippen LogP contribution in [0.3, 0.4) is 0 Å². The van der Waals surface area contributed by atoms with Crippen LogP contribution < -0.4 is 10.1 Å². The lowest BCUT2D eigenvalue weighted by molar-refractivity contribution is 0.0957. The molecule has 3 aromatic rings. The molecule has 1 amide bonds. The summed E-state index contributed by atoms with van der Waals surface area (Å²) in [5, 5.41) is 4.05. The summed E-state index contributed by atoms with van der Waals surface area (Å²) >= 11 is 0. The Labute approximate surface area is 183 Å². The van der Waals surface area contributed by atoms with Crippen LogP contribution in [0, 0.1) is 0 Å². The third-order valence-electron chi connectivity index (χ3n) is 6.56. The first-order chi connectivity index (χ1) is 15.2. The number of carbonyl (C=O) groups excluding carboxylic acids is 1. The van der Waals surface area contributed by atoms with Gasteiger partial charge in [-0.2, -0.15) is 0 Å². The molecule has 6 heteroatoms. The lowest BCUT2D eigenvalue weighted by Gasteiger charge is -2.33. The van der Waals surface area contributed by atoms with Crippen molar-refractivity contribution >= 4 is 16.8 Å². The number of ether oxygens (including phenoxy) is 1. The molecule has 0 aliphatic carbocycles. The average molecular weight is 419 g/mol. The zero-order valence-electron chi connectivity index (χ0n) is 18.1. The van der Waals surface area contributed by atoms with Gasteiger partial charge in [-0.05, 0) is 60.5 Å². The zero-order chi connectivity index (χ0) is 21.2. The molecule has 1 fully saturated rings. The molecule has 5 rings (SSSR count). The second-order valence-corrected chi connectivity index (χ2v) is 8.36. The molecule has 0 bridgehead atoms. The summed E-state index contributed by atoms with van der Waals surface area (Å²) in [6.07, 6.45) is 0.821. The number of likely N-dealkylation sites (N-methyl/N-ethyl adjacent to an activating group) is 1. The van der Waals surface area contributed by atoms with Crippen molar-refractivity contribution in [1.82, 2.24) is 20.1 Å². The van der Waals surface area contributed by atoms with E-state index in [2.05, 4.69) is 39.2 Å². The van der Waals surface area contributed by atoms with E-state index in [1.807, 2.05) is 30.3 Å². The van der Waals surface area contributed by atoms with Gasteiger partial charge >= 0.3 is 0 Å². The van der Waals surface area contributed by atoms with Gasteiger partial charge in [0.25, 0.3) is 5.91 Å². The maximum Gasteiger partial charge on any atom is 0.251 e. The van der Waals surface area contributed by atoms with Crippen LogP contribution in [-0.4, -0.2) is 73.1 Å². The van der Waals surface area contributed by atoms with Crippen LogP contribution in [0.5, 0.6) is 5.75 Å². The Morgan fingerprint density at radius 3 is 2.55 bits per heavy atom. The molecule has 31 heavy (non-hydrogen) atoms. The third-order valence-corrected chi connectivity index (χ3v) is 6.56. The van der Waals surface area contributed by atoms with Gasteiger partial charge in [0, 0.05) is 61.4 Å². The number of aromatic amines is 1. The Hall–Kier alpha value is -2.83. The second-order valence-electron chi connectivity index (χ2n) is 8.36. The minimum atomic E-state index is 0.00903. The highest BCUT2D eigenvalue weighted by molar-refractivity contribution is 6.10. The number of hydrogen-bond acceptors (Lipinski definition) is 4. The van der Waals surface area contributed by atoms with Crippen LogP contribution >= 0.6 is 0 Å². The molecular weight excluding hydrogens is 388 g/mol. The summed E-state index contributed by atoms with van der Waals surface area (Å²) in [5.41, 5.74) is 5.20. The van der Waals surface area contributed by atoms with Gasteiger partial charge in [-0.15, -0.1) is 0 Å². The van der Waals surface area contributed by atoms with E-state index in [-0.39, 0.29) is 5.91 Å². The van der Waals surface area contributed by atoms with Gasteiger partial charge in [-0.25, -0.2) is 0 Å². The fourth-order valence-electron chi connectivity index (χ4n) is 4.74. The van der Waals surface area contributed by atoms with Crippen LogP contribution in [0.25, 0.3) is 22.2 Å². The number of aromatic nitrogens is 1. The van der Waals surface area contributed by atoms with Gasteiger partial charge in [0.2, 0.25) is 0 Å². The predicted octanol–water partition coefficient (Wildman–Crippen LogP) is 3.14. The molecule has 2 aliphatic heterocycles. The van der Waals surface area contributed by atoms with Crippen molar-refractivity contribution < 1.29 is 9.53 Å². The molecule has 1 aromatic heterocycles. The standard InChI is InChI=1S/C25H30N4O2/c1-2-28-12-14-29(15-13-28)16-17-31-19-8-6-18(7-9-19)24-20-10-11-26-25(30)21-4-3-5-22(27-24)23(20)21/h3-9,27H,2,10-17H2,1H3,(H,26,30). The van der Waals surface area contributed by atoms with Crippen molar-refractivity contribution in [3.05, 3.63) is 53.6 Å². The number of benzene rings is 2. The summed E-state index contributed by atoms with van der Waals surface area (Å²) in [7, 11) is 0. The first kappa shape index (κ1) is 20.1. The Kier molecular flexibility index (Phi) is 5.66. The van der Waals surface area contributed by atoms with Crippen LogP contribution in [0.2, 0.25) is 0 Å². The summed E-state index contributed by atoms with van der Waals surface area (Å²) in [6.45, 7) is 10.3. The zero-order valence-corrected chi connectivity index (χ0v) is 18.1. The van der Waals surface area contributed by atoms with E-state index in [1.54, 1.807) is 0 Å². The number of amides is 1. The van der Waals surface area contributed by atoms with Crippen LogP contribution in [0.4, 0.5) is 0 Å². The number of rotatable bonds is 6. The molecule has 3 heterocycles. The van der Waals surface area contributed by atoms with E-state index >= 15 is 0 Å². The quantitative estimate of drug-likeness (QED) is 0.646. The van der Waals surface area contributed by atoms with E-state index in [1.165, 1.54) is 5.56 Å². The lowest BCUT2D eigenvalue weighted by atomic mass is 10.0. The number of nitrogens with one attached hydrogen (secondary N) is 2. The third kappa shape index (κ3) is 4.05. The molecule has 2 aliphatic rings. The minimum Gasteiger partial charge on any atom is -0.492 e. The SMILES string of the molecule is CCN1CCN(CCOc2ccc(-c3[nH]c4cccc5c4c3CCNC5=O)cc2)CC1. The van der Waals surface area contributed by atoms with Gasteiger partial charge in [0.1, 0.15) is 12.4 Å². The molecule has 6 nitrogen and oxygen atoms in total. The van der Waals surface area contributed by atoms with Gasteiger partial charge < -0.3 is 19.9 Å². The van der Waals surface area contributed by atoms with Crippen molar-refractivity contribution in [1.29, 1.82) is 0 Å². The topological polar surface area (TPSA) is 60.6 Å².